The Balaban J connectivity index is 0.000000178. The minimum Gasteiger partial charge on any atom is -0.369 e. The molecule has 6 rings (SSSR count). The van der Waals surface area contributed by atoms with Crippen LogP contribution in [0.15, 0.2) is 0 Å². The summed E-state index contributed by atoms with van der Waals surface area (Å²) in [5.74, 6) is 4.72. The van der Waals surface area contributed by atoms with Gasteiger partial charge in [0.15, 0.2) is 0 Å². The highest BCUT2D eigenvalue weighted by molar-refractivity contribution is 5.79. The molecule has 30 heavy (non-hydrogen) atoms. The van der Waals surface area contributed by atoms with Crippen LogP contribution in [0.4, 0.5) is 0 Å². The van der Waals surface area contributed by atoms with Crippen molar-refractivity contribution in [1.82, 2.24) is 10.2 Å². The number of carbonyl (C=O) groups is 2. The summed E-state index contributed by atoms with van der Waals surface area (Å²) < 4.78 is 0. The van der Waals surface area contributed by atoms with E-state index in [4.69, 9.17) is 5.73 Å². The van der Waals surface area contributed by atoms with Gasteiger partial charge in [0, 0.05) is 24.5 Å². The molecule has 170 valence electrons. The second-order valence-corrected chi connectivity index (χ2v) is 12.5. The number of nitrogens with zero attached hydrogens (tertiary/aromatic N) is 1. The molecule has 0 atom stereocenters. The predicted octanol–water partition coefficient (Wildman–Crippen LogP) is 3.71. The fraction of sp³-hybridized carbons (Fsp3) is 0.920. The van der Waals surface area contributed by atoms with Gasteiger partial charge in [-0.1, -0.05) is 0 Å². The monoisotopic (exact) mass is 417 g/mol. The summed E-state index contributed by atoms with van der Waals surface area (Å²) in [6, 6.07) is 0. The van der Waals surface area contributed by atoms with Crippen LogP contribution in [0.5, 0.6) is 0 Å². The summed E-state index contributed by atoms with van der Waals surface area (Å²) in [6.45, 7) is 8.43. The van der Waals surface area contributed by atoms with Gasteiger partial charge in [-0.05, 0) is 114 Å². The van der Waals surface area contributed by atoms with Gasteiger partial charge in [0.25, 0.3) is 0 Å². The number of nitrogens with two attached hydrogens (primary N) is 1. The van der Waals surface area contributed by atoms with Crippen molar-refractivity contribution in [2.75, 3.05) is 19.6 Å². The summed E-state index contributed by atoms with van der Waals surface area (Å²) in [5.41, 5.74) is 5.54. The van der Waals surface area contributed by atoms with E-state index in [1.165, 1.54) is 23.7 Å². The molecule has 4 bridgehead atoms. The quantitative estimate of drug-likeness (QED) is 0.735. The minimum atomic E-state index is -0.167. The fourth-order valence-corrected chi connectivity index (χ4v) is 7.49. The van der Waals surface area contributed by atoms with E-state index in [9.17, 15) is 9.59 Å². The first-order valence-corrected chi connectivity index (χ1v) is 12.4. The molecule has 0 aromatic carbocycles. The molecule has 5 heteroatoms. The lowest BCUT2D eigenvalue weighted by molar-refractivity contribution is -0.129. The van der Waals surface area contributed by atoms with Crippen molar-refractivity contribution in [3.8, 4) is 0 Å². The average molecular weight is 418 g/mol. The van der Waals surface area contributed by atoms with Crippen LogP contribution >= 0.6 is 0 Å². The van der Waals surface area contributed by atoms with Gasteiger partial charge < -0.3 is 11.1 Å². The largest absolute Gasteiger partial charge is 0.369 e. The number of likely N-dealkylation sites (tertiary alicyclic amines) is 1. The van der Waals surface area contributed by atoms with E-state index < -0.39 is 0 Å². The number of primary amides is 1. The first-order valence-electron chi connectivity index (χ1n) is 12.4. The number of amides is 2. The minimum absolute atomic E-state index is 0.0684. The van der Waals surface area contributed by atoms with Crippen LogP contribution in [-0.2, 0) is 9.59 Å². The lowest BCUT2D eigenvalue weighted by Crippen LogP contribution is -2.60. The van der Waals surface area contributed by atoms with Crippen molar-refractivity contribution in [3.63, 3.8) is 0 Å². The summed E-state index contributed by atoms with van der Waals surface area (Å²) in [4.78, 5) is 25.2. The molecule has 1 spiro atoms. The second kappa shape index (κ2) is 8.44. The van der Waals surface area contributed by atoms with Crippen LogP contribution in [0.3, 0.4) is 0 Å². The number of carbonyl (C=O) groups excluding carboxylic acids is 2. The molecule has 1 heterocycles. The molecular weight excluding hydrogens is 374 g/mol. The van der Waals surface area contributed by atoms with Gasteiger partial charge in [-0.2, -0.15) is 0 Å². The molecule has 0 aromatic heterocycles. The summed E-state index contributed by atoms with van der Waals surface area (Å²) in [6.07, 6.45) is 13.6. The van der Waals surface area contributed by atoms with Crippen molar-refractivity contribution in [2.24, 2.45) is 40.7 Å². The van der Waals surface area contributed by atoms with E-state index in [1.807, 2.05) is 20.8 Å². The molecule has 6 fully saturated rings. The molecule has 6 aliphatic rings. The maximum atomic E-state index is 11.9. The number of nitrogens with one attached hydrogen (secondary N) is 1. The Morgan fingerprint density at radius 1 is 0.900 bits per heavy atom. The molecule has 5 saturated carbocycles. The molecule has 0 radical (unpaired) electrons. The van der Waals surface area contributed by atoms with Crippen LogP contribution in [0.25, 0.3) is 0 Å². The standard InChI is InChI=1S/C15H27N3O2.C10H16/c1-14(2,3)17-12(19)8-18-9-15(10-18)6-4-11(5-7-15)13(16)20;1-7-2-9-4-8(1)5-10(3-7)6-9/h11H,4-10H2,1-3H3,(H2,16,20)(H,17,19);7-10H,1-6H2. The van der Waals surface area contributed by atoms with E-state index in [0.29, 0.717) is 12.0 Å². The van der Waals surface area contributed by atoms with Gasteiger partial charge >= 0.3 is 0 Å². The Hall–Kier alpha value is -1.10. The van der Waals surface area contributed by atoms with Gasteiger partial charge in [0.1, 0.15) is 0 Å². The molecule has 5 nitrogen and oxygen atoms in total. The summed E-state index contributed by atoms with van der Waals surface area (Å²) in [7, 11) is 0. The van der Waals surface area contributed by atoms with Gasteiger partial charge in [-0.3, -0.25) is 14.5 Å². The maximum absolute atomic E-state index is 11.9. The SMILES string of the molecule is C1C2CC3CC1CC(C2)C3.CC(C)(C)NC(=O)CN1CC2(CCC(C(N)=O)CC2)C1. The smallest absolute Gasteiger partial charge is 0.234 e. The second-order valence-electron chi connectivity index (χ2n) is 12.5. The van der Waals surface area contributed by atoms with E-state index >= 15 is 0 Å². The topological polar surface area (TPSA) is 75.4 Å². The van der Waals surface area contributed by atoms with Crippen LogP contribution in [0, 0.1) is 35.0 Å². The van der Waals surface area contributed by atoms with Crippen molar-refractivity contribution in [2.45, 2.75) is 90.5 Å². The number of hydrogen-bond donors (Lipinski definition) is 2. The third-order valence-corrected chi connectivity index (χ3v) is 8.45. The molecule has 0 aromatic rings. The van der Waals surface area contributed by atoms with Crippen LogP contribution in [-0.4, -0.2) is 41.9 Å². The molecule has 3 N–H and O–H groups in total. The zero-order valence-electron chi connectivity index (χ0n) is 19.4. The van der Waals surface area contributed by atoms with E-state index in [0.717, 1.165) is 38.8 Å². The number of rotatable bonds is 3. The van der Waals surface area contributed by atoms with Crippen molar-refractivity contribution < 1.29 is 9.59 Å². The zero-order valence-corrected chi connectivity index (χ0v) is 19.4. The lowest BCUT2D eigenvalue weighted by atomic mass is 9.56. The van der Waals surface area contributed by atoms with E-state index in [2.05, 4.69) is 10.2 Å². The lowest BCUT2D eigenvalue weighted by Gasteiger charge is -2.53. The molecule has 0 unspecified atom stereocenters. The van der Waals surface area contributed by atoms with Gasteiger partial charge in [-0.15, -0.1) is 0 Å². The number of hydrogen-bond acceptors (Lipinski definition) is 3. The van der Waals surface area contributed by atoms with Crippen molar-refractivity contribution in [3.05, 3.63) is 0 Å². The normalized spacial score (nSPS) is 34.8. The Kier molecular flexibility index (Phi) is 6.22. The Labute approximate surface area is 182 Å². The first-order chi connectivity index (χ1) is 14.1. The van der Waals surface area contributed by atoms with Crippen LogP contribution in [0.1, 0.15) is 85.0 Å². The third kappa shape index (κ3) is 5.38. The van der Waals surface area contributed by atoms with Crippen molar-refractivity contribution >= 4 is 11.8 Å². The van der Waals surface area contributed by atoms with E-state index in [1.54, 1.807) is 38.5 Å². The Morgan fingerprint density at radius 2 is 1.33 bits per heavy atom. The predicted molar refractivity (Wildman–Crippen MR) is 120 cm³/mol. The summed E-state index contributed by atoms with van der Waals surface area (Å²) in [5, 5.41) is 2.99. The summed E-state index contributed by atoms with van der Waals surface area (Å²) >= 11 is 0. The highest BCUT2D eigenvalue weighted by Gasteiger charge is 2.46. The van der Waals surface area contributed by atoms with Gasteiger partial charge in [-0.25, -0.2) is 0 Å². The maximum Gasteiger partial charge on any atom is 0.234 e. The first kappa shape index (κ1) is 22.1. The van der Waals surface area contributed by atoms with Crippen LogP contribution < -0.4 is 11.1 Å². The van der Waals surface area contributed by atoms with E-state index in [-0.39, 0.29) is 23.3 Å². The van der Waals surface area contributed by atoms with Crippen LogP contribution in [0.2, 0.25) is 0 Å². The molecule has 1 saturated heterocycles. The highest BCUT2D eigenvalue weighted by atomic mass is 16.2. The van der Waals surface area contributed by atoms with Crippen molar-refractivity contribution in [1.29, 1.82) is 0 Å². The Morgan fingerprint density at radius 3 is 1.70 bits per heavy atom. The highest BCUT2D eigenvalue weighted by Crippen LogP contribution is 2.53. The van der Waals surface area contributed by atoms with Gasteiger partial charge in [0.2, 0.25) is 11.8 Å². The molecule has 1 aliphatic heterocycles. The van der Waals surface area contributed by atoms with Gasteiger partial charge in [0.05, 0.1) is 6.54 Å². The molecular formula is C25H43N3O2. The molecule has 5 aliphatic carbocycles. The molecule has 2 amide bonds. The third-order valence-electron chi connectivity index (χ3n) is 8.45. The fourth-order valence-electron chi connectivity index (χ4n) is 7.49. The Bertz CT molecular complexity index is 581. The zero-order chi connectivity index (χ0) is 21.5. The average Bonchev–Trinajstić information content (AvgIpc) is 2.58.